The number of benzene rings is 2. The molecule has 3 N–H and O–H groups in total. The van der Waals surface area contributed by atoms with E-state index in [0.717, 1.165) is 12.0 Å². The summed E-state index contributed by atoms with van der Waals surface area (Å²) in [7, 11) is -1.70. The van der Waals surface area contributed by atoms with Crippen molar-refractivity contribution in [1.82, 2.24) is 10.6 Å². The minimum Gasteiger partial charge on any atom is -0.326 e. The summed E-state index contributed by atoms with van der Waals surface area (Å²) in [5.74, 6) is -0.245. The van der Waals surface area contributed by atoms with E-state index in [4.69, 9.17) is 0 Å². The van der Waals surface area contributed by atoms with E-state index in [0.29, 0.717) is 23.5 Å². The fourth-order valence-corrected chi connectivity index (χ4v) is 3.51. The van der Waals surface area contributed by atoms with Crippen molar-refractivity contribution in [3.05, 3.63) is 76.8 Å². The maximum atomic E-state index is 12.0. The molecule has 1 unspecified atom stereocenters. The van der Waals surface area contributed by atoms with Crippen LogP contribution in [-0.4, -0.2) is 34.2 Å². The van der Waals surface area contributed by atoms with Crippen molar-refractivity contribution in [2.75, 3.05) is 18.4 Å². The number of hydrogen-bond acceptors (Lipinski definition) is 5. The van der Waals surface area contributed by atoms with Gasteiger partial charge in [-0.2, -0.15) is 0 Å². The van der Waals surface area contributed by atoms with Crippen molar-refractivity contribution >= 4 is 45.8 Å². The van der Waals surface area contributed by atoms with Gasteiger partial charge in [0.05, 0.1) is 13.0 Å². The second-order valence-corrected chi connectivity index (χ2v) is 7.69. The lowest BCUT2D eigenvalue weighted by atomic mass is 10.1. The Balaban J connectivity index is 0.00000320. The zero-order chi connectivity index (χ0) is 20.6. The molecule has 2 aromatic rings. The van der Waals surface area contributed by atoms with Crippen molar-refractivity contribution in [3.63, 3.8) is 0 Å². The number of rotatable bonds is 9. The second-order valence-electron chi connectivity index (χ2n) is 6.49. The minimum atomic E-state index is -1.70. The summed E-state index contributed by atoms with van der Waals surface area (Å²) in [6.45, 7) is 0.949. The number of halogens is 1. The minimum absolute atomic E-state index is 0. The van der Waals surface area contributed by atoms with Gasteiger partial charge in [0.1, 0.15) is 10.8 Å². The van der Waals surface area contributed by atoms with E-state index in [2.05, 4.69) is 16.0 Å². The predicted molar refractivity (Wildman–Crippen MR) is 119 cm³/mol. The summed E-state index contributed by atoms with van der Waals surface area (Å²) < 4.78 is 11.2. The van der Waals surface area contributed by atoms with Crippen molar-refractivity contribution in [3.8, 4) is 0 Å². The Bertz CT molecular complexity index is 962. The van der Waals surface area contributed by atoms with Crippen molar-refractivity contribution in [2.24, 2.45) is 0 Å². The van der Waals surface area contributed by atoms with Crippen LogP contribution in [-0.2, 0) is 22.0 Å². The Hall–Kier alpha value is -2.81. The van der Waals surface area contributed by atoms with Crippen LogP contribution >= 0.6 is 12.4 Å². The number of carbonyl (C=O) groups excluding carboxylic acids is 3. The van der Waals surface area contributed by atoms with Gasteiger partial charge < -0.3 is 16.0 Å². The quantitative estimate of drug-likeness (QED) is 0.405. The van der Waals surface area contributed by atoms with Gasteiger partial charge >= 0.3 is 5.24 Å². The highest BCUT2D eigenvalue weighted by atomic mass is 35.5. The fraction of sp³-hybridized carbons (Fsp3) is 0.190. The Morgan fingerprint density at radius 1 is 1.00 bits per heavy atom. The van der Waals surface area contributed by atoms with Crippen LogP contribution in [0.2, 0.25) is 0 Å². The van der Waals surface area contributed by atoms with E-state index in [1.165, 1.54) is 5.41 Å². The average molecular weight is 448 g/mol. The Morgan fingerprint density at radius 3 is 2.33 bits per heavy atom. The maximum absolute atomic E-state index is 12.0. The second kappa shape index (κ2) is 11.4. The van der Waals surface area contributed by atoms with Crippen LogP contribution in [0.5, 0.6) is 0 Å². The average Bonchev–Trinajstić information content (AvgIpc) is 3.03. The van der Waals surface area contributed by atoms with E-state index in [1.54, 1.807) is 24.3 Å². The first kappa shape index (κ1) is 23.5. The van der Waals surface area contributed by atoms with Crippen LogP contribution in [0.3, 0.4) is 0 Å². The smallest absolute Gasteiger partial charge is 0.317 e. The molecule has 3 rings (SSSR count). The number of amides is 2. The molecule has 0 radical (unpaired) electrons. The van der Waals surface area contributed by atoms with Gasteiger partial charge in [0, 0.05) is 22.4 Å². The van der Waals surface area contributed by atoms with Gasteiger partial charge in [-0.25, -0.2) is 4.21 Å². The van der Waals surface area contributed by atoms with Crippen LogP contribution in [0, 0.1) is 0 Å². The number of anilines is 1. The van der Waals surface area contributed by atoms with E-state index >= 15 is 0 Å². The summed E-state index contributed by atoms with van der Waals surface area (Å²) >= 11 is 0. The molecule has 158 valence electrons. The van der Waals surface area contributed by atoms with Gasteiger partial charge in [-0.3, -0.25) is 14.4 Å². The summed E-state index contributed by atoms with van der Waals surface area (Å²) in [5.41, 5.74) is 2.75. The molecule has 7 nitrogen and oxygen atoms in total. The third-order valence-corrected chi connectivity index (χ3v) is 5.22. The molecule has 0 bridgehead atoms. The van der Waals surface area contributed by atoms with Crippen LogP contribution in [0.25, 0.3) is 0 Å². The highest BCUT2D eigenvalue weighted by molar-refractivity contribution is 8.03. The van der Waals surface area contributed by atoms with Crippen molar-refractivity contribution in [2.45, 2.75) is 12.8 Å². The summed E-state index contributed by atoms with van der Waals surface area (Å²) in [6, 6.07) is 16.6. The molecule has 1 heterocycles. The van der Waals surface area contributed by atoms with E-state index < -0.39 is 16.0 Å². The molecule has 2 amide bonds. The van der Waals surface area contributed by atoms with E-state index in [9.17, 15) is 18.6 Å². The van der Waals surface area contributed by atoms with Gasteiger partial charge in [0.25, 0.3) is 0 Å². The first-order valence-corrected chi connectivity index (χ1v) is 10.3. The zero-order valence-corrected chi connectivity index (χ0v) is 17.7. The van der Waals surface area contributed by atoms with E-state index in [1.807, 2.05) is 30.3 Å². The molecule has 2 aromatic carbocycles. The molecule has 1 aliphatic rings. The summed E-state index contributed by atoms with van der Waals surface area (Å²) in [6.07, 6.45) is 0.708. The van der Waals surface area contributed by atoms with Crippen LogP contribution in [0.4, 0.5) is 10.5 Å². The van der Waals surface area contributed by atoms with Gasteiger partial charge in [0.2, 0.25) is 5.91 Å². The highest BCUT2D eigenvalue weighted by Gasteiger charge is 2.21. The summed E-state index contributed by atoms with van der Waals surface area (Å²) in [5, 5.41) is 8.93. The molecular formula is C21H22ClN3O4S. The largest absolute Gasteiger partial charge is 0.326 e. The molecule has 0 saturated heterocycles. The van der Waals surface area contributed by atoms with Crippen LogP contribution in [0.15, 0.2) is 65.7 Å². The monoisotopic (exact) mass is 447 g/mol. The fourth-order valence-electron chi connectivity index (χ4n) is 2.77. The first-order valence-electron chi connectivity index (χ1n) is 9.11. The molecule has 30 heavy (non-hydrogen) atoms. The SMILES string of the molecule is Cl.O=C(CC1=CS(=O)C(=O)N1)Nc1ccc(CCNCC(=O)c2ccccc2)cc1. The first-order chi connectivity index (χ1) is 14.0. The van der Waals surface area contributed by atoms with Gasteiger partial charge in [-0.15, -0.1) is 12.4 Å². The highest BCUT2D eigenvalue weighted by Crippen LogP contribution is 2.13. The number of Topliss-reactive ketones (excluding diaryl/α,β-unsaturated/α-hetero) is 1. The molecule has 0 saturated carbocycles. The lowest BCUT2D eigenvalue weighted by Gasteiger charge is -2.08. The molecule has 0 aromatic heterocycles. The molecule has 1 atom stereocenters. The van der Waals surface area contributed by atoms with Crippen molar-refractivity contribution < 1.29 is 18.6 Å². The lowest BCUT2D eigenvalue weighted by molar-refractivity contribution is -0.115. The molecule has 0 aliphatic carbocycles. The molecule has 0 fully saturated rings. The third-order valence-electron chi connectivity index (χ3n) is 4.26. The molecular weight excluding hydrogens is 426 g/mol. The lowest BCUT2D eigenvalue weighted by Crippen LogP contribution is -2.25. The van der Waals surface area contributed by atoms with Gasteiger partial charge in [0.15, 0.2) is 5.78 Å². The Labute approximate surface area is 183 Å². The molecule has 0 spiro atoms. The standard InChI is InChI=1S/C21H21N3O4S.ClH/c25-19(16-4-2-1-3-5-16)13-22-11-10-15-6-8-17(9-7-15)23-20(26)12-18-14-29(28)21(27)24-18;/h1-9,14,22H,10-13H2,(H,23,26)(H,24,27);1H. The number of ketones is 1. The van der Waals surface area contributed by atoms with Gasteiger partial charge in [-0.05, 0) is 30.7 Å². The normalized spacial score (nSPS) is 15.0. The predicted octanol–water partition coefficient (Wildman–Crippen LogP) is 2.77. The van der Waals surface area contributed by atoms with Crippen molar-refractivity contribution in [1.29, 1.82) is 0 Å². The summed E-state index contributed by atoms with van der Waals surface area (Å²) in [4.78, 5) is 35.2. The van der Waals surface area contributed by atoms with E-state index in [-0.39, 0.29) is 37.1 Å². The number of nitrogens with one attached hydrogen (secondary N) is 3. The Morgan fingerprint density at radius 2 is 1.70 bits per heavy atom. The number of carbonyl (C=O) groups is 3. The third kappa shape index (κ3) is 6.91. The Kier molecular flexibility index (Phi) is 8.91. The topological polar surface area (TPSA) is 104 Å². The van der Waals surface area contributed by atoms with Gasteiger partial charge in [-0.1, -0.05) is 42.5 Å². The van der Waals surface area contributed by atoms with Crippen LogP contribution < -0.4 is 16.0 Å². The molecule has 1 aliphatic heterocycles. The molecule has 9 heteroatoms. The number of hydrogen-bond donors (Lipinski definition) is 3. The maximum Gasteiger partial charge on any atom is 0.317 e. The van der Waals surface area contributed by atoms with Crippen LogP contribution in [0.1, 0.15) is 22.3 Å². The zero-order valence-electron chi connectivity index (χ0n) is 16.1.